The molecular weight excluding hydrogens is 372 g/mol. The number of nitrogens with zero attached hydrogens (tertiary/aromatic N) is 1. The molecule has 0 aliphatic heterocycles. The Morgan fingerprint density at radius 1 is 1.19 bits per heavy atom. The number of hydrogen-bond donors (Lipinski definition) is 1. The molecule has 1 amide bonds. The molecule has 0 saturated heterocycles. The largest absolute Gasteiger partial charge is 0.351 e. The van der Waals surface area contributed by atoms with Crippen molar-refractivity contribution >= 4 is 33.2 Å². The number of anilines is 1. The van der Waals surface area contributed by atoms with Crippen LogP contribution in [-0.2, 0) is 14.8 Å². The SMILES string of the molecule is CC[C@@H](C(=O)NC(C(C)C)C(C)C)N(c1cc(Cl)ccc1C)S(C)(=O)=O. The van der Waals surface area contributed by atoms with E-state index in [0.717, 1.165) is 11.8 Å². The van der Waals surface area contributed by atoms with E-state index >= 15 is 0 Å². The van der Waals surface area contributed by atoms with Crippen molar-refractivity contribution in [1.29, 1.82) is 0 Å². The fraction of sp³-hybridized carbons (Fsp3) is 0.632. The number of amides is 1. The number of hydrogen-bond acceptors (Lipinski definition) is 3. The van der Waals surface area contributed by atoms with Gasteiger partial charge in [-0.05, 0) is 42.9 Å². The number of aryl methyl sites for hydroxylation is 1. The lowest BCUT2D eigenvalue weighted by Gasteiger charge is -2.34. The second-order valence-corrected chi connectivity index (χ2v) is 9.73. The summed E-state index contributed by atoms with van der Waals surface area (Å²) in [4.78, 5) is 13.0. The summed E-state index contributed by atoms with van der Waals surface area (Å²) in [5.74, 6) is 0.205. The summed E-state index contributed by atoms with van der Waals surface area (Å²) in [6.45, 7) is 11.8. The highest BCUT2D eigenvalue weighted by atomic mass is 35.5. The molecule has 0 radical (unpaired) electrons. The highest BCUT2D eigenvalue weighted by Gasteiger charge is 2.34. The molecule has 0 unspecified atom stereocenters. The standard InChI is InChI=1S/C19H31ClN2O3S/c1-8-16(19(23)21-18(12(2)3)13(4)5)22(26(7,24)25)17-11-15(20)10-9-14(17)6/h9-13,16,18H,8H2,1-7H3,(H,21,23)/t16-/m0/s1. The molecule has 0 aromatic heterocycles. The Morgan fingerprint density at radius 3 is 2.15 bits per heavy atom. The molecule has 0 aliphatic rings. The number of benzene rings is 1. The summed E-state index contributed by atoms with van der Waals surface area (Å²) in [6, 6.07) is 4.19. The van der Waals surface area contributed by atoms with Crippen LogP contribution in [0.2, 0.25) is 5.02 Å². The normalized spacial score (nSPS) is 13.3. The number of nitrogens with one attached hydrogen (secondary N) is 1. The molecule has 7 heteroatoms. The molecule has 0 bridgehead atoms. The molecule has 1 aromatic carbocycles. The Balaban J connectivity index is 3.35. The van der Waals surface area contributed by atoms with E-state index in [-0.39, 0.29) is 23.8 Å². The predicted molar refractivity (Wildman–Crippen MR) is 109 cm³/mol. The number of rotatable bonds is 8. The van der Waals surface area contributed by atoms with Gasteiger partial charge in [0.05, 0.1) is 11.9 Å². The molecule has 0 saturated carbocycles. The molecular formula is C19H31ClN2O3S. The number of halogens is 1. The van der Waals surface area contributed by atoms with Crippen LogP contribution < -0.4 is 9.62 Å². The van der Waals surface area contributed by atoms with Crippen LogP contribution in [-0.4, -0.2) is 32.7 Å². The van der Waals surface area contributed by atoms with Gasteiger partial charge in [0, 0.05) is 11.1 Å². The van der Waals surface area contributed by atoms with Crippen LogP contribution in [0.25, 0.3) is 0 Å². The summed E-state index contributed by atoms with van der Waals surface area (Å²) in [5, 5.41) is 3.47. The summed E-state index contributed by atoms with van der Waals surface area (Å²) < 4.78 is 26.3. The fourth-order valence-corrected chi connectivity index (χ4v) is 4.65. The summed E-state index contributed by atoms with van der Waals surface area (Å²) in [6.07, 6.45) is 1.47. The topological polar surface area (TPSA) is 66.5 Å². The number of sulfonamides is 1. The van der Waals surface area contributed by atoms with Crippen molar-refractivity contribution < 1.29 is 13.2 Å². The van der Waals surface area contributed by atoms with Gasteiger partial charge in [-0.2, -0.15) is 0 Å². The lowest BCUT2D eigenvalue weighted by Crippen LogP contribution is -2.53. The molecule has 148 valence electrons. The van der Waals surface area contributed by atoms with E-state index in [1.54, 1.807) is 25.1 Å². The van der Waals surface area contributed by atoms with Crippen LogP contribution in [0.15, 0.2) is 18.2 Å². The third kappa shape index (κ3) is 5.61. The van der Waals surface area contributed by atoms with E-state index in [1.807, 2.05) is 34.6 Å². The zero-order chi connectivity index (χ0) is 20.2. The van der Waals surface area contributed by atoms with Crippen molar-refractivity contribution in [3.05, 3.63) is 28.8 Å². The van der Waals surface area contributed by atoms with Crippen LogP contribution in [0.5, 0.6) is 0 Å². The minimum Gasteiger partial charge on any atom is -0.351 e. The predicted octanol–water partition coefficient (Wildman–Crippen LogP) is 3.99. The van der Waals surface area contributed by atoms with Gasteiger partial charge in [-0.15, -0.1) is 0 Å². The second-order valence-electron chi connectivity index (χ2n) is 7.44. The highest BCUT2D eigenvalue weighted by Crippen LogP contribution is 2.29. The van der Waals surface area contributed by atoms with E-state index in [9.17, 15) is 13.2 Å². The Morgan fingerprint density at radius 2 is 1.73 bits per heavy atom. The van der Waals surface area contributed by atoms with Crippen LogP contribution in [0.1, 0.15) is 46.6 Å². The van der Waals surface area contributed by atoms with Gasteiger partial charge in [0.2, 0.25) is 15.9 Å². The molecule has 0 fully saturated rings. The van der Waals surface area contributed by atoms with Crippen molar-refractivity contribution in [3.63, 3.8) is 0 Å². The summed E-state index contributed by atoms with van der Waals surface area (Å²) >= 11 is 6.08. The number of carbonyl (C=O) groups is 1. The third-order valence-corrected chi connectivity index (χ3v) is 5.88. The van der Waals surface area contributed by atoms with E-state index in [4.69, 9.17) is 11.6 Å². The van der Waals surface area contributed by atoms with Crippen molar-refractivity contribution in [2.24, 2.45) is 11.8 Å². The average molecular weight is 403 g/mol. The molecule has 1 atom stereocenters. The Kier molecular flexibility index (Phi) is 7.96. The molecule has 1 aromatic rings. The van der Waals surface area contributed by atoms with Crippen LogP contribution in [0, 0.1) is 18.8 Å². The summed E-state index contributed by atoms with van der Waals surface area (Å²) in [5.41, 5.74) is 1.18. The maximum absolute atomic E-state index is 13.0. The van der Waals surface area contributed by atoms with Crippen molar-refractivity contribution in [2.75, 3.05) is 10.6 Å². The lowest BCUT2D eigenvalue weighted by molar-refractivity contribution is -0.123. The zero-order valence-corrected chi connectivity index (χ0v) is 18.3. The molecule has 0 aliphatic carbocycles. The first-order valence-electron chi connectivity index (χ1n) is 8.96. The van der Waals surface area contributed by atoms with Crippen molar-refractivity contribution in [2.45, 2.75) is 60.0 Å². The summed E-state index contributed by atoms with van der Waals surface area (Å²) in [7, 11) is -3.68. The van der Waals surface area contributed by atoms with Crippen molar-refractivity contribution in [1.82, 2.24) is 5.32 Å². The van der Waals surface area contributed by atoms with E-state index < -0.39 is 16.1 Å². The highest BCUT2D eigenvalue weighted by molar-refractivity contribution is 7.92. The molecule has 26 heavy (non-hydrogen) atoms. The maximum Gasteiger partial charge on any atom is 0.244 e. The minimum absolute atomic E-state index is 0.0292. The van der Waals surface area contributed by atoms with Gasteiger partial charge in [-0.25, -0.2) is 8.42 Å². The smallest absolute Gasteiger partial charge is 0.244 e. The monoisotopic (exact) mass is 402 g/mol. The molecule has 5 nitrogen and oxygen atoms in total. The molecule has 0 spiro atoms. The first kappa shape index (κ1) is 22.8. The molecule has 1 rings (SSSR count). The first-order chi connectivity index (χ1) is 11.9. The third-order valence-electron chi connectivity index (χ3n) is 4.48. The van der Waals surface area contributed by atoms with Gasteiger partial charge in [0.1, 0.15) is 6.04 Å². The van der Waals surface area contributed by atoms with Gasteiger partial charge < -0.3 is 5.32 Å². The number of carbonyl (C=O) groups excluding carboxylic acids is 1. The van der Waals surface area contributed by atoms with E-state index in [0.29, 0.717) is 17.1 Å². The van der Waals surface area contributed by atoms with Gasteiger partial charge in [-0.3, -0.25) is 9.10 Å². The Hall–Kier alpha value is -1.27. The zero-order valence-electron chi connectivity index (χ0n) is 16.7. The van der Waals surface area contributed by atoms with E-state index in [2.05, 4.69) is 5.32 Å². The van der Waals surface area contributed by atoms with Crippen LogP contribution >= 0.6 is 11.6 Å². The average Bonchev–Trinajstić information content (AvgIpc) is 2.50. The maximum atomic E-state index is 13.0. The second kappa shape index (κ2) is 9.09. The molecule has 0 heterocycles. The van der Waals surface area contributed by atoms with Gasteiger partial charge in [-0.1, -0.05) is 52.3 Å². The minimum atomic E-state index is -3.68. The molecule has 1 N–H and O–H groups in total. The van der Waals surface area contributed by atoms with Gasteiger partial charge >= 0.3 is 0 Å². The van der Waals surface area contributed by atoms with Crippen molar-refractivity contribution in [3.8, 4) is 0 Å². The van der Waals surface area contributed by atoms with Crippen LogP contribution in [0.3, 0.4) is 0 Å². The van der Waals surface area contributed by atoms with Gasteiger partial charge in [0.15, 0.2) is 0 Å². The Labute approximate surface area is 163 Å². The fourth-order valence-electron chi connectivity index (χ4n) is 3.22. The van der Waals surface area contributed by atoms with Gasteiger partial charge in [0.25, 0.3) is 0 Å². The first-order valence-corrected chi connectivity index (χ1v) is 11.2. The lowest BCUT2D eigenvalue weighted by atomic mass is 9.93. The Bertz CT molecular complexity index is 724. The van der Waals surface area contributed by atoms with Crippen LogP contribution in [0.4, 0.5) is 5.69 Å². The van der Waals surface area contributed by atoms with E-state index in [1.165, 1.54) is 4.31 Å². The quantitative estimate of drug-likeness (QED) is 0.714.